The standard InChI is InChI=1S/C18H25ClS/c1-11-3-16(12(2)20-11)17(19)10-18-7-13-4-14(8-18)6-15(5-13)9-18/h3,13-15,17H,4-10H2,1-2H3. The van der Waals surface area contributed by atoms with E-state index in [0.29, 0.717) is 5.41 Å². The van der Waals surface area contributed by atoms with Crippen molar-refractivity contribution >= 4 is 22.9 Å². The van der Waals surface area contributed by atoms with Gasteiger partial charge in [0, 0.05) is 9.75 Å². The Balaban J connectivity index is 1.55. The molecule has 20 heavy (non-hydrogen) atoms. The van der Waals surface area contributed by atoms with Gasteiger partial charge in [-0.3, -0.25) is 0 Å². The third-order valence-corrected chi connectivity index (χ3v) is 7.57. The van der Waals surface area contributed by atoms with E-state index < -0.39 is 0 Å². The molecule has 110 valence electrons. The van der Waals surface area contributed by atoms with Crippen molar-refractivity contribution < 1.29 is 0 Å². The topological polar surface area (TPSA) is 0 Å². The maximum atomic E-state index is 6.87. The molecule has 5 rings (SSSR count). The van der Waals surface area contributed by atoms with E-state index in [0.717, 1.165) is 17.8 Å². The summed E-state index contributed by atoms with van der Waals surface area (Å²) in [4.78, 5) is 2.85. The van der Waals surface area contributed by atoms with Crippen molar-refractivity contribution in [2.24, 2.45) is 23.2 Å². The first kappa shape index (κ1) is 13.6. The third-order valence-electron chi connectivity index (χ3n) is 6.19. The Kier molecular flexibility index (Phi) is 3.24. The van der Waals surface area contributed by atoms with Crippen LogP contribution in [0.1, 0.15) is 65.6 Å². The van der Waals surface area contributed by atoms with Gasteiger partial charge in [-0.25, -0.2) is 0 Å². The van der Waals surface area contributed by atoms with Crippen molar-refractivity contribution in [1.29, 1.82) is 0 Å². The van der Waals surface area contributed by atoms with E-state index in [-0.39, 0.29) is 5.38 Å². The fraction of sp³-hybridized carbons (Fsp3) is 0.778. The van der Waals surface area contributed by atoms with Gasteiger partial charge in [0.05, 0.1) is 5.38 Å². The number of halogens is 1. The minimum Gasteiger partial charge on any atom is -0.146 e. The van der Waals surface area contributed by atoms with Crippen molar-refractivity contribution in [2.75, 3.05) is 0 Å². The maximum Gasteiger partial charge on any atom is 0.0601 e. The summed E-state index contributed by atoms with van der Waals surface area (Å²) in [5, 5.41) is 0.246. The van der Waals surface area contributed by atoms with E-state index in [1.54, 1.807) is 0 Å². The molecule has 0 N–H and O–H groups in total. The number of aryl methyl sites for hydroxylation is 2. The molecule has 0 aliphatic heterocycles. The van der Waals surface area contributed by atoms with Gasteiger partial charge in [0.1, 0.15) is 0 Å². The monoisotopic (exact) mass is 308 g/mol. The van der Waals surface area contributed by atoms with E-state index >= 15 is 0 Å². The first-order valence-corrected chi connectivity index (χ1v) is 9.49. The molecule has 0 radical (unpaired) electrons. The van der Waals surface area contributed by atoms with Crippen molar-refractivity contribution in [3.05, 3.63) is 21.4 Å². The van der Waals surface area contributed by atoms with Crippen molar-refractivity contribution in [3.63, 3.8) is 0 Å². The Labute approximate surface area is 131 Å². The fourth-order valence-corrected chi connectivity index (χ4v) is 7.60. The highest BCUT2D eigenvalue weighted by Crippen LogP contribution is 2.63. The summed E-state index contributed by atoms with van der Waals surface area (Å²) in [6.07, 6.45) is 10.3. The van der Waals surface area contributed by atoms with E-state index in [1.165, 1.54) is 60.3 Å². The van der Waals surface area contributed by atoms with Crippen LogP contribution in [-0.2, 0) is 0 Å². The summed E-state index contributed by atoms with van der Waals surface area (Å²) in [5.41, 5.74) is 2.02. The molecular formula is C18H25ClS. The zero-order valence-electron chi connectivity index (χ0n) is 12.6. The first-order chi connectivity index (χ1) is 9.53. The predicted molar refractivity (Wildman–Crippen MR) is 87.6 cm³/mol. The second kappa shape index (κ2) is 4.74. The summed E-state index contributed by atoms with van der Waals surface area (Å²) in [6.45, 7) is 4.44. The van der Waals surface area contributed by atoms with Crippen LogP contribution >= 0.6 is 22.9 Å². The summed E-state index contributed by atoms with van der Waals surface area (Å²) in [6, 6.07) is 2.33. The Morgan fingerprint density at radius 1 is 1.15 bits per heavy atom. The number of hydrogen-bond donors (Lipinski definition) is 0. The largest absolute Gasteiger partial charge is 0.146 e. The van der Waals surface area contributed by atoms with Crippen LogP contribution in [0.3, 0.4) is 0 Å². The Morgan fingerprint density at radius 2 is 1.70 bits per heavy atom. The molecular weight excluding hydrogens is 284 g/mol. The van der Waals surface area contributed by atoms with Gasteiger partial charge in [0.2, 0.25) is 0 Å². The molecule has 1 atom stereocenters. The predicted octanol–water partition coefficient (Wildman–Crippen LogP) is 6.25. The zero-order chi connectivity index (χ0) is 13.9. The average molecular weight is 309 g/mol. The summed E-state index contributed by atoms with van der Waals surface area (Å²) in [7, 11) is 0. The van der Waals surface area contributed by atoms with Gasteiger partial charge < -0.3 is 0 Å². The lowest BCUT2D eigenvalue weighted by atomic mass is 9.48. The van der Waals surface area contributed by atoms with E-state index in [4.69, 9.17) is 11.6 Å². The Hall–Kier alpha value is -0.0100. The van der Waals surface area contributed by atoms with Crippen LogP contribution in [0.15, 0.2) is 6.07 Å². The van der Waals surface area contributed by atoms with E-state index in [9.17, 15) is 0 Å². The van der Waals surface area contributed by atoms with Crippen LogP contribution < -0.4 is 0 Å². The van der Waals surface area contributed by atoms with Gasteiger partial charge >= 0.3 is 0 Å². The highest BCUT2D eigenvalue weighted by molar-refractivity contribution is 7.12. The molecule has 4 bridgehead atoms. The molecule has 4 fully saturated rings. The normalized spacial score (nSPS) is 40.2. The highest BCUT2D eigenvalue weighted by Gasteiger charge is 2.51. The molecule has 1 heterocycles. The molecule has 1 aromatic heterocycles. The Morgan fingerprint density at radius 3 is 2.15 bits per heavy atom. The van der Waals surface area contributed by atoms with Crippen LogP contribution in [0.2, 0.25) is 0 Å². The number of rotatable bonds is 3. The zero-order valence-corrected chi connectivity index (χ0v) is 14.2. The lowest BCUT2D eigenvalue weighted by Crippen LogP contribution is -2.46. The second-order valence-corrected chi connectivity index (χ2v) is 9.95. The van der Waals surface area contributed by atoms with Gasteiger partial charge in [0.25, 0.3) is 0 Å². The number of hydrogen-bond acceptors (Lipinski definition) is 1. The van der Waals surface area contributed by atoms with Crippen LogP contribution in [-0.4, -0.2) is 0 Å². The summed E-state index contributed by atoms with van der Waals surface area (Å²) in [5.74, 6) is 3.11. The lowest BCUT2D eigenvalue weighted by molar-refractivity contribution is -0.0576. The minimum atomic E-state index is 0.246. The van der Waals surface area contributed by atoms with Gasteiger partial charge in [-0.1, -0.05) is 0 Å². The van der Waals surface area contributed by atoms with Crippen molar-refractivity contribution in [2.45, 2.75) is 64.2 Å². The minimum absolute atomic E-state index is 0.246. The summed E-state index contributed by atoms with van der Waals surface area (Å²) >= 11 is 8.77. The molecule has 0 saturated heterocycles. The van der Waals surface area contributed by atoms with E-state index in [2.05, 4.69) is 19.9 Å². The Bertz CT molecular complexity index is 480. The lowest BCUT2D eigenvalue weighted by Gasteiger charge is -2.57. The smallest absolute Gasteiger partial charge is 0.0601 e. The molecule has 1 aromatic rings. The molecule has 2 heteroatoms. The van der Waals surface area contributed by atoms with Crippen molar-refractivity contribution in [3.8, 4) is 0 Å². The number of alkyl halides is 1. The summed E-state index contributed by atoms with van der Waals surface area (Å²) < 4.78 is 0. The highest BCUT2D eigenvalue weighted by atomic mass is 35.5. The van der Waals surface area contributed by atoms with Crippen LogP contribution in [0.4, 0.5) is 0 Å². The maximum absolute atomic E-state index is 6.87. The van der Waals surface area contributed by atoms with Crippen LogP contribution in [0.25, 0.3) is 0 Å². The van der Waals surface area contributed by atoms with Crippen LogP contribution in [0, 0.1) is 37.0 Å². The van der Waals surface area contributed by atoms with Gasteiger partial charge in [0.15, 0.2) is 0 Å². The molecule has 0 nitrogen and oxygen atoms in total. The first-order valence-electron chi connectivity index (χ1n) is 8.24. The second-order valence-electron chi connectivity index (χ2n) is 7.96. The molecule has 4 saturated carbocycles. The van der Waals surface area contributed by atoms with Gasteiger partial charge in [-0.2, -0.15) is 0 Å². The van der Waals surface area contributed by atoms with Gasteiger partial charge in [-0.15, -0.1) is 22.9 Å². The molecule has 4 aliphatic carbocycles. The van der Waals surface area contributed by atoms with Crippen molar-refractivity contribution in [1.82, 2.24) is 0 Å². The molecule has 0 spiro atoms. The van der Waals surface area contributed by atoms with Crippen LogP contribution in [0.5, 0.6) is 0 Å². The fourth-order valence-electron chi connectivity index (χ4n) is 5.99. The average Bonchev–Trinajstić information content (AvgIpc) is 2.66. The van der Waals surface area contributed by atoms with Gasteiger partial charge in [-0.05, 0) is 93.6 Å². The third kappa shape index (κ3) is 2.25. The van der Waals surface area contributed by atoms with E-state index in [1.807, 2.05) is 11.3 Å². The molecule has 4 aliphatic rings. The molecule has 0 amide bonds. The quantitative estimate of drug-likeness (QED) is 0.579. The molecule has 0 aromatic carbocycles. The number of thiophene rings is 1. The SMILES string of the molecule is Cc1cc(C(Cl)CC23CC4CC(CC(C4)C2)C3)c(C)s1. The molecule has 1 unspecified atom stereocenters.